The Bertz CT molecular complexity index is 237. The molecule has 15 heavy (non-hydrogen) atoms. The van der Waals surface area contributed by atoms with Gasteiger partial charge in [-0.25, -0.2) is 0 Å². The minimum atomic E-state index is -1.04. The van der Waals surface area contributed by atoms with Crippen molar-refractivity contribution in [3.63, 3.8) is 0 Å². The SMILES string of the molecule is NC(CCC(=O)C1CCCCN1)C(=O)O. The van der Waals surface area contributed by atoms with E-state index in [-0.39, 0.29) is 24.7 Å². The number of hydrogen-bond acceptors (Lipinski definition) is 4. The Morgan fingerprint density at radius 3 is 2.73 bits per heavy atom. The van der Waals surface area contributed by atoms with Crippen molar-refractivity contribution in [3.05, 3.63) is 0 Å². The molecule has 0 spiro atoms. The predicted octanol–water partition coefficient (Wildman–Crippen LogP) is -0.110. The van der Waals surface area contributed by atoms with Crippen LogP contribution in [-0.4, -0.2) is 35.5 Å². The second kappa shape index (κ2) is 5.82. The van der Waals surface area contributed by atoms with Crippen molar-refractivity contribution in [2.45, 2.75) is 44.2 Å². The van der Waals surface area contributed by atoms with Crippen LogP contribution in [0.5, 0.6) is 0 Å². The summed E-state index contributed by atoms with van der Waals surface area (Å²) < 4.78 is 0. The molecule has 0 amide bonds. The van der Waals surface area contributed by atoms with Crippen LogP contribution in [0.3, 0.4) is 0 Å². The van der Waals surface area contributed by atoms with Crippen molar-refractivity contribution in [1.82, 2.24) is 5.32 Å². The van der Waals surface area contributed by atoms with E-state index in [2.05, 4.69) is 5.32 Å². The molecule has 4 N–H and O–H groups in total. The zero-order valence-corrected chi connectivity index (χ0v) is 8.74. The van der Waals surface area contributed by atoms with Crippen LogP contribution in [0.15, 0.2) is 0 Å². The van der Waals surface area contributed by atoms with Crippen molar-refractivity contribution >= 4 is 11.8 Å². The Morgan fingerprint density at radius 1 is 1.47 bits per heavy atom. The van der Waals surface area contributed by atoms with E-state index in [1.165, 1.54) is 0 Å². The largest absolute Gasteiger partial charge is 0.480 e. The molecule has 0 radical (unpaired) electrons. The van der Waals surface area contributed by atoms with Gasteiger partial charge in [0.1, 0.15) is 11.8 Å². The molecule has 2 unspecified atom stereocenters. The highest BCUT2D eigenvalue weighted by atomic mass is 16.4. The second-order valence-electron chi connectivity index (χ2n) is 3.95. The van der Waals surface area contributed by atoms with Crippen LogP contribution in [0, 0.1) is 0 Å². The van der Waals surface area contributed by atoms with E-state index in [1.807, 2.05) is 0 Å². The first-order chi connectivity index (χ1) is 7.11. The summed E-state index contributed by atoms with van der Waals surface area (Å²) in [6, 6.07) is -1.00. The average Bonchev–Trinajstić information content (AvgIpc) is 2.26. The number of aliphatic carboxylic acids is 1. The molecule has 86 valence electrons. The van der Waals surface area contributed by atoms with Crippen molar-refractivity contribution in [1.29, 1.82) is 0 Å². The first-order valence-corrected chi connectivity index (χ1v) is 5.35. The third-order valence-corrected chi connectivity index (χ3v) is 2.72. The maximum absolute atomic E-state index is 11.6. The first kappa shape index (κ1) is 12.1. The number of nitrogens with two attached hydrogens (primary N) is 1. The number of rotatable bonds is 5. The molecule has 5 nitrogen and oxygen atoms in total. The molecule has 0 aromatic rings. The number of Topliss-reactive ketones (excluding diaryl/α,β-unsaturated/α-hetero) is 1. The molecule has 0 saturated carbocycles. The molecule has 5 heteroatoms. The summed E-state index contributed by atoms with van der Waals surface area (Å²) in [5.41, 5.74) is 5.32. The Kier molecular flexibility index (Phi) is 4.71. The zero-order chi connectivity index (χ0) is 11.3. The molecule has 0 aliphatic carbocycles. The van der Waals surface area contributed by atoms with Gasteiger partial charge in [0.05, 0.1) is 6.04 Å². The Balaban J connectivity index is 2.25. The van der Waals surface area contributed by atoms with Crippen molar-refractivity contribution < 1.29 is 14.7 Å². The molecule has 0 aromatic carbocycles. The number of hydrogen-bond donors (Lipinski definition) is 3. The van der Waals surface area contributed by atoms with Crippen molar-refractivity contribution in [3.8, 4) is 0 Å². The van der Waals surface area contributed by atoms with Crippen LogP contribution in [0.1, 0.15) is 32.1 Å². The standard InChI is InChI=1S/C10H18N2O3/c11-7(10(14)15)4-5-9(13)8-3-1-2-6-12-8/h7-8,12H,1-6,11H2,(H,14,15). The third-order valence-electron chi connectivity index (χ3n) is 2.72. The van der Waals surface area contributed by atoms with Gasteiger partial charge in [0.25, 0.3) is 0 Å². The van der Waals surface area contributed by atoms with Gasteiger partial charge in [-0.3, -0.25) is 9.59 Å². The topological polar surface area (TPSA) is 92.4 Å². The van der Waals surface area contributed by atoms with E-state index in [1.54, 1.807) is 0 Å². The summed E-state index contributed by atoms with van der Waals surface area (Å²) in [4.78, 5) is 22.1. The fourth-order valence-electron chi connectivity index (χ4n) is 1.72. The number of nitrogens with one attached hydrogen (secondary N) is 1. The molecule has 1 fully saturated rings. The fraction of sp³-hybridized carbons (Fsp3) is 0.800. The molecule has 1 rings (SSSR count). The van der Waals surface area contributed by atoms with Gasteiger partial charge in [-0.05, 0) is 25.8 Å². The lowest BCUT2D eigenvalue weighted by atomic mass is 9.97. The van der Waals surface area contributed by atoms with Gasteiger partial charge >= 0.3 is 5.97 Å². The third kappa shape index (κ3) is 3.97. The number of ketones is 1. The van der Waals surface area contributed by atoms with Gasteiger partial charge in [-0.15, -0.1) is 0 Å². The summed E-state index contributed by atoms with van der Waals surface area (Å²) in [6.07, 6.45) is 3.52. The van der Waals surface area contributed by atoms with E-state index in [0.29, 0.717) is 0 Å². The molecular weight excluding hydrogens is 196 g/mol. The van der Waals surface area contributed by atoms with E-state index >= 15 is 0 Å². The van der Waals surface area contributed by atoms with E-state index in [0.717, 1.165) is 25.8 Å². The lowest BCUT2D eigenvalue weighted by molar-refractivity contribution is -0.138. The van der Waals surface area contributed by atoms with Crippen LogP contribution < -0.4 is 11.1 Å². The number of carbonyl (C=O) groups excluding carboxylic acids is 1. The normalized spacial score (nSPS) is 23.4. The highest BCUT2D eigenvalue weighted by molar-refractivity contribution is 5.84. The van der Waals surface area contributed by atoms with Crippen LogP contribution >= 0.6 is 0 Å². The lowest BCUT2D eigenvalue weighted by Crippen LogP contribution is -2.41. The molecule has 1 aliphatic rings. The van der Waals surface area contributed by atoms with E-state index in [4.69, 9.17) is 10.8 Å². The summed E-state index contributed by atoms with van der Waals surface area (Å²) in [7, 11) is 0. The number of piperidine rings is 1. The van der Waals surface area contributed by atoms with Gasteiger partial charge in [-0.2, -0.15) is 0 Å². The van der Waals surface area contributed by atoms with E-state index in [9.17, 15) is 9.59 Å². The Hall–Kier alpha value is -0.940. The fourth-order valence-corrected chi connectivity index (χ4v) is 1.72. The summed E-state index contributed by atoms with van der Waals surface area (Å²) >= 11 is 0. The highest BCUT2D eigenvalue weighted by Gasteiger charge is 2.21. The molecule has 1 aliphatic heterocycles. The van der Waals surface area contributed by atoms with Gasteiger partial charge < -0.3 is 16.2 Å². The molecule has 1 saturated heterocycles. The Labute approximate surface area is 89.0 Å². The first-order valence-electron chi connectivity index (χ1n) is 5.35. The van der Waals surface area contributed by atoms with Gasteiger partial charge in [0.2, 0.25) is 0 Å². The molecule has 1 heterocycles. The lowest BCUT2D eigenvalue weighted by Gasteiger charge is -2.22. The summed E-state index contributed by atoms with van der Waals surface area (Å²) in [5.74, 6) is -0.953. The van der Waals surface area contributed by atoms with Crippen molar-refractivity contribution in [2.24, 2.45) is 5.73 Å². The van der Waals surface area contributed by atoms with Gasteiger partial charge in [-0.1, -0.05) is 6.42 Å². The zero-order valence-electron chi connectivity index (χ0n) is 8.74. The average molecular weight is 214 g/mol. The highest BCUT2D eigenvalue weighted by Crippen LogP contribution is 2.10. The minimum absolute atomic E-state index is 0.0836. The molecule has 0 bridgehead atoms. The van der Waals surface area contributed by atoms with Crippen LogP contribution in [0.25, 0.3) is 0 Å². The summed E-state index contributed by atoms with van der Waals surface area (Å²) in [6.45, 7) is 0.876. The second-order valence-corrected chi connectivity index (χ2v) is 3.95. The monoisotopic (exact) mass is 214 g/mol. The van der Waals surface area contributed by atoms with Crippen molar-refractivity contribution in [2.75, 3.05) is 6.54 Å². The van der Waals surface area contributed by atoms with Gasteiger partial charge in [0.15, 0.2) is 0 Å². The number of carbonyl (C=O) groups is 2. The predicted molar refractivity (Wildman–Crippen MR) is 55.5 cm³/mol. The maximum atomic E-state index is 11.6. The molecule has 0 aromatic heterocycles. The summed E-state index contributed by atoms with van der Waals surface area (Å²) in [5, 5.41) is 11.7. The van der Waals surface area contributed by atoms with Crippen LogP contribution in [-0.2, 0) is 9.59 Å². The van der Waals surface area contributed by atoms with Crippen LogP contribution in [0.2, 0.25) is 0 Å². The Morgan fingerprint density at radius 2 is 2.20 bits per heavy atom. The maximum Gasteiger partial charge on any atom is 0.320 e. The van der Waals surface area contributed by atoms with Crippen LogP contribution in [0.4, 0.5) is 0 Å². The quantitative estimate of drug-likeness (QED) is 0.594. The molecular formula is C10H18N2O3. The van der Waals surface area contributed by atoms with E-state index < -0.39 is 12.0 Å². The van der Waals surface area contributed by atoms with Gasteiger partial charge in [0, 0.05) is 6.42 Å². The number of carboxylic acids is 1. The smallest absolute Gasteiger partial charge is 0.320 e. The number of carboxylic acid groups (broad SMARTS) is 1. The molecule has 2 atom stereocenters. The minimum Gasteiger partial charge on any atom is -0.480 e.